The van der Waals surface area contributed by atoms with E-state index in [1.54, 1.807) is 13.0 Å². The van der Waals surface area contributed by atoms with E-state index in [0.29, 0.717) is 12.1 Å². The van der Waals surface area contributed by atoms with Crippen molar-refractivity contribution in [2.45, 2.75) is 32.4 Å². The lowest BCUT2D eigenvalue weighted by atomic mass is 10.0. The van der Waals surface area contributed by atoms with E-state index in [4.69, 9.17) is 0 Å². The molecule has 0 aliphatic rings. The zero-order chi connectivity index (χ0) is 12.2. The predicted molar refractivity (Wildman–Crippen MR) is 62.3 cm³/mol. The lowest BCUT2D eigenvalue weighted by molar-refractivity contribution is 0.0197. The molecule has 4 N–H and O–H groups in total. The van der Waals surface area contributed by atoms with Gasteiger partial charge < -0.3 is 15.3 Å². The van der Waals surface area contributed by atoms with Crippen LogP contribution in [0.1, 0.15) is 32.3 Å². The van der Waals surface area contributed by atoms with E-state index < -0.39 is 5.72 Å². The topological polar surface area (TPSA) is 72.7 Å². The largest absolute Gasteiger partial charge is 0.504 e. The van der Waals surface area contributed by atoms with Crippen LogP contribution in [0, 0.1) is 0 Å². The maximum absolute atomic E-state index is 10.1. The van der Waals surface area contributed by atoms with Crippen LogP contribution in [0.5, 0.6) is 11.5 Å². The van der Waals surface area contributed by atoms with Gasteiger partial charge in [-0.3, -0.25) is 5.32 Å². The minimum Gasteiger partial charge on any atom is -0.504 e. The third-order valence-electron chi connectivity index (χ3n) is 2.54. The molecule has 0 aromatic heterocycles. The normalized spacial score (nSPS) is 14.7. The van der Waals surface area contributed by atoms with Crippen LogP contribution in [-0.4, -0.2) is 21.9 Å². The first kappa shape index (κ1) is 12.8. The Balaban J connectivity index is 2.76. The number of benzene rings is 1. The maximum atomic E-state index is 10.1. The number of nitrogens with one attached hydrogen (secondary N) is 1. The van der Waals surface area contributed by atoms with Crippen molar-refractivity contribution in [2.24, 2.45) is 0 Å². The first-order chi connectivity index (χ1) is 7.47. The molecule has 1 aromatic rings. The van der Waals surface area contributed by atoms with E-state index in [-0.39, 0.29) is 11.5 Å². The van der Waals surface area contributed by atoms with Crippen molar-refractivity contribution in [1.82, 2.24) is 5.32 Å². The predicted octanol–water partition coefficient (Wildman–Crippen LogP) is 1.65. The SMILES string of the molecule is CCCCNC(C)(O)c1ccc(O)c(O)c1. The van der Waals surface area contributed by atoms with E-state index in [1.165, 1.54) is 12.1 Å². The van der Waals surface area contributed by atoms with E-state index in [0.717, 1.165) is 12.8 Å². The lowest BCUT2D eigenvalue weighted by Crippen LogP contribution is -2.39. The Kier molecular flexibility index (Phi) is 4.15. The van der Waals surface area contributed by atoms with Gasteiger partial charge in [-0.15, -0.1) is 0 Å². The number of hydrogen-bond acceptors (Lipinski definition) is 4. The van der Waals surface area contributed by atoms with Crippen LogP contribution in [0.3, 0.4) is 0 Å². The molecule has 1 unspecified atom stereocenters. The van der Waals surface area contributed by atoms with Crippen molar-refractivity contribution in [3.05, 3.63) is 23.8 Å². The van der Waals surface area contributed by atoms with Crippen molar-refractivity contribution >= 4 is 0 Å². The lowest BCUT2D eigenvalue weighted by Gasteiger charge is -2.25. The number of aliphatic hydroxyl groups is 1. The van der Waals surface area contributed by atoms with Crippen molar-refractivity contribution in [3.8, 4) is 11.5 Å². The molecule has 1 atom stereocenters. The molecule has 4 heteroatoms. The minimum absolute atomic E-state index is 0.187. The molecule has 0 aliphatic heterocycles. The molecule has 16 heavy (non-hydrogen) atoms. The summed E-state index contributed by atoms with van der Waals surface area (Å²) >= 11 is 0. The van der Waals surface area contributed by atoms with Crippen molar-refractivity contribution in [1.29, 1.82) is 0 Å². The molecule has 0 spiro atoms. The molecule has 0 saturated carbocycles. The highest BCUT2D eigenvalue weighted by Gasteiger charge is 2.22. The summed E-state index contributed by atoms with van der Waals surface area (Å²) in [6.07, 6.45) is 2.02. The summed E-state index contributed by atoms with van der Waals surface area (Å²) in [5.41, 5.74) is -0.667. The zero-order valence-electron chi connectivity index (χ0n) is 9.70. The van der Waals surface area contributed by atoms with Gasteiger partial charge in [0.05, 0.1) is 0 Å². The van der Waals surface area contributed by atoms with Crippen LogP contribution in [0.2, 0.25) is 0 Å². The summed E-state index contributed by atoms with van der Waals surface area (Å²) in [6, 6.07) is 4.29. The van der Waals surface area contributed by atoms with Crippen LogP contribution in [-0.2, 0) is 5.72 Å². The summed E-state index contributed by atoms with van der Waals surface area (Å²) in [5, 5.41) is 31.6. The smallest absolute Gasteiger partial charge is 0.157 e. The third-order valence-corrected chi connectivity index (χ3v) is 2.54. The van der Waals surface area contributed by atoms with E-state index in [1.807, 2.05) is 0 Å². The summed E-state index contributed by atoms with van der Waals surface area (Å²) in [7, 11) is 0. The molecular weight excluding hydrogens is 206 g/mol. The number of phenols is 2. The molecule has 0 heterocycles. The Labute approximate surface area is 95.6 Å². The Morgan fingerprint density at radius 2 is 1.94 bits per heavy atom. The van der Waals surface area contributed by atoms with Gasteiger partial charge in [-0.25, -0.2) is 0 Å². The van der Waals surface area contributed by atoms with Crippen LogP contribution >= 0.6 is 0 Å². The van der Waals surface area contributed by atoms with Crippen molar-refractivity contribution in [3.63, 3.8) is 0 Å². The Bertz CT molecular complexity index is 350. The summed E-state index contributed by atoms with van der Waals surface area (Å²) in [5.74, 6) is -0.414. The maximum Gasteiger partial charge on any atom is 0.157 e. The van der Waals surface area contributed by atoms with Gasteiger partial charge in [0.25, 0.3) is 0 Å². The Morgan fingerprint density at radius 1 is 1.25 bits per heavy atom. The number of hydrogen-bond donors (Lipinski definition) is 4. The summed E-state index contributed by atoms with van der Waals surface area (Å²) < 4.78 is 0. The van der Waals surface area contributed by atoms with Gasteiger partial charge in [0.1, 0.15) is 5.72 Å². The van der Waals surface area contributed by atoms with Gasteiger partial charge in [-0.2, -0.15) is 0 Å². The van der Waals surface area contributed by atoms with Gasteiger partial charge in [0.2, 0.25) is 0 Å². The molecule has 0 amide bonds. The van der Waals surface area contributed by atoms with Crippen LogP contribution < -0.4 is 5.32 Å². The molecule has 0 bridgehead atoms. The molecule has 0 saturated heterocycles. The van der Waals surface area contributed by atoms with Gasteiger partial charge in [0.15, 0.2) is 11.5 Å². The molecule has 1 aromatic carbocycles. The van der Waals surface area contributed by atoms with Gasteiger partial charge >= 0.3 is 0 Å². The van der Waals surface area contributed by atoms with Gasteiger partial charge in [-0.05, 0) is 32.0 Å². The monoisotopic (exact) mass is 225 g/mol. The van der Waals surface area contributed by atoms with E-state index in [2.05, 4.69) is 12.2 Å². The molecule has 0 aliphatic carbocycles. The van der Waals surface area contributed by atoms with Gasteiger partial charge in [-0.1, -0.05) is 19.4 Å². The first-order valence-corrected chi connectivity index (χ1v) is 5.47. The van der Waals surface area contributed by atoms with Crippen molar-refractivity contribution < 1.29 is 15.3 Å². The highest BCUT2D eigenvalue weighted by atomic mass is 16.3. The number of phenolic OH excluding ortho intramolecular Hbond substituents is 2. The second-order valence-corrected chi connectivity index (χ2v) is 4.06. The van der Waals surface area contributed by atoms with E-state index >= 15 is 0 Å². The average Bonchev–Trinajstić information content (AvgIpc) is 2.22. The van der Waals surface area contributed by atoms with Crippen LogP contribution in [0.4, 0.5) is 0 Å². The molecule has 0 radical (unpaired) electrons. The molecular formula is C12H19NO3. The Hall–Kier alpha value is -1.26. The Morgan fingerprint density at radius 3 is 2.50 bits per heavy atom. The minimum atomic E-state index is -1.19. The fraction of sp³-hybridized carbons (Fsp3) is 0.500. The number of aromatic hydroxyl groups is 2. The molecule has 4 nitrogen and oxygen atoms in total. The highest BCUT2D eigenvalue weighted by Crippen LogP contribution is 2.29. The van der Waals surface area contributed by atoms with Crippen LogP contribution in [0.25, 0.3) is 0 Å². The van der Waals surface area contributed by atoms with Gasteiger partial charge in [0, 0.05) is 5.56 Å². The molecule has 90 valence electrons. The fourth-order valence-corrected chi connectivity index (χ4v) is 1.44. The summed E-state index contributed by atoms with van der Waals surface area (Å²) in [6.45, 7) is 4.39. The number of rotatable bonds is 5. The first-order valence-electron chi connectivity index (χ1n) is 5.47. The van der Waals surface area contributed by atoms with E-state index in [9.17, 15) is 15.3 Å². The summed E-state index contributed by atoms with van der Waals surface area (Å²) in [4.78, 5) is 0. The second kappa shape index (κ2) is 5.18. The molecule has 1 rings (SSSR count). The number of unbranched alkanes of at least 4 members (excludes halogenated alkanes) is 1. The molecule has 0 fully saturated rings. The average molecular weight is 225 g/mol. The van der Waals surface area contributed by atoms with Crippen LogP contribution in [0.15, 0.2) is 18.2 Å². The highest BCUT2D eigenvalue weighted by molar-refractivity contribution is 5.42. The fourth-order valence-electron chi connectivity index (χ4n) is 1.44. The zero-order valence-corrected chi connectivity index (χ0v) is 9.70. The second-order valence-electron chi connectivity index (χ2n) is 4.06. The standard InChI is InChI=1S/C12H19NO3/c1-3-4-7-13-12(2,16)9-5-6-10(14)11(15)8-9/h5-6,8,13-16H,3-4,7H2,1-2H3. The quantitative estimate of drug-likeness (QED) is 0.349. The van der Waals surface area contributed by atoms with Crippen molar-refractivity contribution in [2.75, 3.05) is 6.54 Å². The third kappa shape index (κ3) is 3.12.